The molecule has 0 spiro atoms. The second kappa shape index (κ2) is 9.38. The normalized spacial score (nSPS) is 11.4. The minimum atomic E-state index is -0.267. The number of benzene rings is 1. The van der Waals surface area contributed by atoms with Gasteiger partial charge in [0.2, 0.25) is 0 Å². The summed E-state index contributed by atoms with van der Waals surface area (Å²) in [4.78, 5) is 21.3. The number of methoxy groups -OCH3 is 2. The Kier molecular flexibility index (Phi) is 6.57. The molecule has 0 atom stereocenters. The Balaban J connectivity index is 2.03. The van der Waals surface area contributed by atoms with Gasteiger partial charge in [0.25, 0.3) is 5.56 Å². The van der Waals surface area contributed by atoms with Crippen molar-refractivity contribution in [3.8, 4) is 22.6 Å². The SMILES string of the molecule is COc1cc(OC)c(Cl)c(-c2cc3cnc4[nH]ccc4c3n(CCNCCO)c2=O)c1Cl. The number of pyridine rings is 2. The number of nitrogens with zero attached hydrogens (tertiary/aromatic N) is 2. The minimum Gasteiger partial charge on any atom is -0.495 e. The predicted octanol–water partition coefficient (Wildman–Crippen LogP) is 3.45. The predicted molar refractivity (Wildman–Crippen MR) is 126 cm³/mol. The summed E-state index contributed by atoms with van der Waals surface area (Å²) >= 11 is 13.2. The molecule has 4 aromatic rings. The largest absolute Gasteiger partial charge is 0.495 e. The van der Waals surface area contributed by atoms with Crippen molar-refractivity contribution in [1.29, 1.82) is 0 Å². The average molecular weight is 477 g/mol. The van der Waals surface area contributed by atoms with Gasteiger partial charge in [-0.2, -0.15) is 0 Å². The highest BCUT2D eigenvalue weighted by atomic mass is 35.5. The van der Waals surface area contributed by atoms with Crippen molar-refractivity contribution >= 4 is 45.1 Å². The second-order valence-electron chi connectivity index (χ2n) is 7.07. The van der Waals surface area contributed by atoms with Gasteiger partial charge in [0, 0.05) is 54.4 Å². The number of H-pyrrole nitrogens is 1. The maximum Gasteiger partial charge on any atom is 0.259 e. The molecule has 32 heavy (non-hydrogen) atoms. The van der Waals surface area contributed by atoms with Gasteiger partial charge in [0.15, 0.2) is 0 Å². The van der Waals surface area contributed by atoms with Gasteiger partial charge in [-0.05, 0) is 12.1 Å². The lowest BCUT2D eigenvalue weighted by Gasteiger charge is -2.18. The van der Waals surface area contributed by atoms with E-state index in [1.807, 2.05) is 6.07 Å². The van der Waals surface area contributed by atoms with Crippen LogP contribution in [0, 0.1) is 0 Å². The fourth-order valence-corrected chi connectivity index (χ4v) is 4.49. The summed E-state index contributed by atoms with van der Waals surface area (Å²) < 4.78 is 12.4. The number of rotatable bonds is 8. The van der Waals surface area contributed by atoms with E-state index in [4.69, 9.17) is 37.8 Å². The molecule has 1 aromatic carbocycles. The number of fused-ring (bicyclic) bond motifs is 3. The summed E-state index contributed by atoms with van der Waals surface area (Å²) in [5, 5.41) is 14.2. The zero-order chi connectivity index (χ0) is 22.8. The fraction of sp³-hybridized carbons (Fsp3) is 0.273. The van der Waals surface area contributed by atoms with Gasteiger partial charge in [-0.25, -0.2) is 4.98 Å². The summed E-state index contributed by atoms with van der Waals surface area (Å²) in [7, 11) is 2.97. The minimum absolute atomic E-state index is 0.0104. The third-order valence-electron chi connectivity index (χ3n) is 5.28. The van der Waals surface area contributed by atoms with Crippen molar-refractivity contribution in [3.63, 3.8) is 0 Å². The van der Waals surface area contributed by atoms with Gasteiger partial charge in [0.1, 0.15) is 17.1 Å². The molecule has 0 saturated carbocycles. The molecule has 8 nitrogen and oxygen atoms in total. The fourth-order valence-electron chi connectivity index (χ4n) is 3.79. The highest BCUT2D eigenvalue weighted by molar-refractivity contribution is 6.41. The molecule has 0 radical (unpaired) electrons. The van der Waals surface area contributed by atoms with E-state index in [0.717, 1.165) is 16.3 Å². The van der Waals surface area contributed by atoms with Crippen LogP contribution in [0.4, 0.5) is 0 Å². The van der Waals surface area contributed by atoms with E-state index < -0.39 is 0 Å². The molecule has 0 bridgehead atoms. The molecule has 0 fully saturated rings. The first-order valence-corrected chi connectivity index (χ1v) is 10.7. The molecular formula is C22H22Cl2N4O4. The van der Waals surface area contributed by atoms with Crippen molar-refractivity contribution < 1.29 is 14.6 Å². The molecule has 3 N–H and O–H groups in total. The Morgan fingerprint density at radius 3 is 2.53 bits per heavy atom. The number of aromatic amines is 1. The first kappa shape index (κ1) is 22.4. The molecule has 3 aromatic heterocycles. The van der Waals surface area contributed by atoms with E-state index in [1.165, 1.54) is 14.2 Å². The third-order valence-corrected chi connectivity index (χ3v) is 6.03. The van der Waals surface area contributed by atoms with Crippen molar-refractivity contribution in [3.05, 3.63) is 51.0 Å². The monoisotopic (exact) mass is 476 g/mol. The summed E-state index contributed by atoms with van der Waals surface area (Å²) in [6.07, 6.45) is 3.48. The molecule has 0 aliphatic heterocycles. The summed E-state index contributed by atoms with van der Waals surface area (Å²) in [6, 6.07) is 5.20. The zero-order valence-electron chi connectivity index (χ0n) is 17.5. The Labute approximate surface area is 193 Å². The lowest BCUT2D eigenvalue weighted by Crippen LogP contribution is -2.29. The third kappa shape index (κ3) is 3.80. The number of aliphatic hydroxyl groups excluding tert-OH is 1. The second-order valence-corrected chi connectivity index (χ2v) is 7.83. The standard InChI is InChI=1S/C22H22Cl2N4O4/c1-31-15-10-16(32-2)19(24)17(18(15)23)14-9-12-11-27-21-13(3-4-26-21)20(12)28(22(14)30)7-5-25-6-8-29/h3-4,9-11,25,29H,5-8H2,1-2H3,(H,26,27). The number of hydrogen-bond donors (Lipinski definition) is 3. The van der Waals surface area contributed by atoms with E-state index in [-0.39, 0.29) is 22.2 Å². The molecule has 10 heteroatoms. The van der Waals surface area contributed by atoms with Crippen LogP contribution in [-0.2, 0) is 6.54 Å². The Morgan fingerprint density at radius 2 is 1.88 bits per heavy atom. The lowest BCUT2D eigenvalue weighted by atomic mass is 10.0. The first-order chi connectivity index (χ1) is 15.5. The van der Waals surface area contributed by atoms with Crippen LogP contribution >= 0.6 is 23.2 Å². The molecule has 0 aliphatic carbocycles. The average Bonchev–Trinajstić information content (AvgIpc) is 3.27. The van der Waals surface area contributed by atoms with Crippen LogP contribution in [0.2, 0.25) is 10.0 Å². The molecule has 0 saturated heterocycles. The van der Waals surface area contributed by atoms with Crippen molar-refractivity contribution in [2.45, 2.75) is 6.54 Å². The molecule has 4 rings (SSSR count). The van der Waals surface area contributed by atoms with Gasteiger partial charge in [-0.15, -0.1) is 0 Å². The van der Waals surface area contributed by atoms with Crippen LogP contribution < -0.4 is 20.3 Å². The van der Waals surface area contributed by atoms with Crippen LogP contribution in [0.3, 0.4) is 0 Å². The first-order valence-electron chi connectivity index (χ1n) is 9.93. The summed E-state index contributed by atoms with van der Waals surface area (Å²) in [6.45, 7) is 1.29. The van der Waals surface area contributed by atoms with Crippen LogP contribution in [0.15, 0.2) is 35.4 Å². The number of aliphatic hydroxyl groups is 1. The highest BCUT2D eigenvalue weighted by Gasteiger charge is 2.23. The van der Waals surface area contributed by atoms with E-state index in [0.29, 0.717) is 47.9 Å². The van der Waals surface area contributed by atoms with Gasteiger partial charge in [-0.1, -0.05) is 23.2 Å². The van der Waals surface area contributed by atoms with Gasteiger partial charge in [0.05, 0.1) is 42.0 Å². The lowest BCUT2D eigenvalue weighted by molar-refractivity contribution is 0.291. The Hall–Kier alpha value is -2.78. The number of nitrogens with one attached hydrogen (secondary N) is 2. The number of hydrogen-bond acceptors (Lipinski definition) is 6. The Morgan fingerprint density at radius 1 is 1.16 bits per heavy atom. The van der Waals surface area contributed by atoms with Gasteiger partial charge in [-0.3, -0.25) is 4.79 Å². The number of halogens is 2. The maximum atomic E-state index is 13.8. The topological polar surface area (TPSA) is 101 Å². The quantitative estimate of drug-likeness (QED) is 0.336. The number of aromatic nitrogens is 3. The van der Waals surface area contributed by atoms with Crippen molar-refractivity contribution in [2.24, 2.45) is 0 Å². The molecule has 3 heterocycles. The van der Waals surface area contributed by atoms with E-state index >= 15 is 0 Å². The van der Waals surface area contributed by atoms with Crippen molar-refractivity contribution in [2.75, 3.05) is 33.9 Å². The van der Waals surface area contributed by atoms with Crippen LogP contribution in [0.1, 0.15) is 0 Å². The van der Waals surface area contributed by atoms with Gasteiger partial charge < -0.3 is 29.4 Å². The maximum absolute atomic E-state index is 13.8. The van der Waals surface area contributed by atoms with Crippen LogP contribution in [0.5, 0.6) is 11.5 Å². The van der Waals surface area contributed by atoms with Crippen LogP contribution in [0.25, 0.3) is 33.1 Å². The zero-order valence-corrected chi connectivity index (χ0v) is 19.0. The van der Waals surface area contributed by atoms with E-state index in [9.17, 15) is 4.79 Å². The van der Waals surface area contributed by atoms with Gasteiger partial charge >= 0.3 is 0 Å². The Bertz CT molecular complexity index is 1320. The smallest absolute Gasteiger partial charge is 0.259 e. The number of ether oxygens (including phenoxy) is 2. The molecule has 168 valence electrons. The molecular weight excluding hydrogens is 455 g/mol. The van der Waals surface area contributed by atoms with Crippen molar-refractivity contribution in [1.82, 2.24) is 19.9 Å². The summed E-state index contributed by atoms with van der Waals surface area (Å²) in [5.41, 5.74) is 1.81. The van der Waals surface area contributed by atoms with E-state index in [1.54, 1.807) is 29.1 Å². The van der Waals surface area contributed by atoms with E-state index in [2.05, 4.69) is 15.3 Å². The van der Waals surface area contributed by atoms with Crippen LogP contribution in [-0.4, -0.2) is 53.6 Å². The molecule has 0 unspecified atom stereocenters. The summed E-state index contributed by atoms with van der Waals surface area (Å²) in [5.74, 6) is 0.690. The molecule has 0 amide bonds. The molecule has 0 aliphatic rings. The highest BCUT2D eigenvalue weighted by Crippen LogP contribution is 2.45.